The Balaban J connectivity index is 2.20. The number of aliphatic hydroxyl groups is 1. The number of rotatable bonds is 9. The van der Waals surface area contributed by atoms with Crippen molar-refractivity contribution in [3.05, 3.63) is 42.0 Å². The third kappa shape index (κ3) is 7.48. The molecule has 0 unspecified atom stereocenters. The van der Waals surface area contributed by atoms with E-state index in [0.717, 1.165) is 11.3 Å². The number of benzene rings is 1. The minimum atomic E-state index is -0.645. The van der Waals surface area contributed by atoms with Gasteiger partial charge in [0, 0.05) is 6.08 Å². The Morgan fingerprint density at radius 2 is 2.05 bits per heavy atom. The van der Waals surface area contributed by atoms with Gasteiger partial charge in [-0.25, -0.2) is 4.79 Å². The first-order valence-electron chi connectivity index (χ1n) is 6.87. The zero-order valence-corrected chi connectivity index (χ0v) is 12.5. The fourth-order valence-electron chi connectivity index (χ4n) is 1.61. The van der Waals surface area contributed by atoms with Crippen molar-refractivity contribution < 1.29 is 24.1 Å². The van der Waals surface area contributed by atoms with Crippen LogP contribution in [0, 0.1) is 0 Å². The fraction of sp³-hybridized carbons (Fsp3) is 0.438. The van der Waals surface area contributed by atoms with Crippen LogP contribution in [0.4, 0.5) is 0 Å². The number of hydrogen-bond acceptors (Lipinski definition) is 5. The van der Waals surface area contributed by atoms with Crippen molar-refractivity contribution in [1.82, 2.24) is 0 Å². The van der Waals surface area contributed by atoms with Gasteiger partial charge in [0.05, 0.1) is 33.0 Å². The van der Waals surface area contributed by atoms with Gasteiger partial charge >= 0.3 is 5.97 Å². The van der Waals surface area contributed by atoms with Crippen molar-refractivity contribution in [1.29, 1.82) is 0 Å². The molecule has 0 aromatic heterocycles. The maximum atomic E-state index is 11.0. The average Bonchev–Trinajstić information content (AvgIpc) is 2.48. The van der Waals surface area contributed by atoms with E-state index in [1.165, 1.54) is 6.08 Å². The van der Waals surface area contributed by atoms with Gasteiger partial charge in [-0.1, -0.05) is 18.2 Å². The molecule has 0 fully saturated rings. The van der Waals surface area contributed by atoms with Crippen molar-refractivity contribution in [2.45, 2.75) is 26.1 Å². The van der Waals surface area contributed by atoms with Crippen LogP contribution < -0.4 is 4.74 Å². The standard InChI is InChI=1S/C16H22O5/c1-3-21-16(18)6-4-5-14(17)12-20-11-13-7-9-15(19-2)10-8-13/h4,6-10,14,17H,3,5,11-12H2,1-2H3/b6-4+/t14-/m0/s1. The van der Waals surface area contributed by atoms with Gasteiger partial charge in [0.25, 0.3) is 0 Å². The Hall–Kier alpha value is -1.85. The number of hydrogen-bond donors (Lipinski definition) is 1. The van der Waals surface area contributed by atoms with E-state index in [-0.39, 0.29) is 6.61 Å². The molecule has 0 aliphatic rings. The van der Waals surface area contributed by atoms with Crippen LogP contribution in [-0.4, -0.2) is 37.5 Å². The Labute approximate surface area is 125 Å². The number of carbonyl (C=O) groups is 1. The van der Waals surface area contributed by atoms with Crippen LogP contribution in [0.3, 0.4) is 0 Å². The van der Waals surface area contributed by atoms with E-state index in [4.69, 9.17) is 14.2 Å². The highest BCUT2D eigenvalue weighted by atomic mass is 16.5. The molecule has 0 aliphatic carbocycles. The van der Waals surface area contributed by atoms with Gasteiger partial charge in [-0.15, -0.1) is 0 Å². The fourth-order valence-corrected chi connectivity index (χ4v) is 1.61. The van der Waals surface area contributed by atoms with Gasteiger partial charge in [0.1, 0.15) is 5.75 Å². The lowest BCUT2D eigenvalue weighted by Gasteiger charge is -2.09. The molecule has 5 nitrogen and oxygen atoms in total. The van der Waals surface area contributed by atoms with Crippen molar-refractivity contribution in [3.8, 4) is 5.75 Å². The first-order chi connectivity index (χ1) is 10.2. The van der Waals surface area contributed by atoms with Crippen LogP contribution in [0.25, 0.3) is 0 Å². The minimum Gasteiger partial charge on any atom is -0.497 e. The summed E-state index contributed by atoms with van der Waals surface area (Å²) < 4.78 is 15.2. The number of esters is 1. The molecule has 116 valence electrons. The number of ether oxygens (including phenoxy) is 3. The molecule has 0 aliphatic heterocycles. The summed E-state index contributed by atoms with van der Waals surface area (Å²) in [6.45, 7) is 2.71. The maximum Gasteiger partial charge on any atom is 0.330 e. The topological polar surface area (TPSA) is 65.0 Å². The van der Waals surface area contributed by atoms with Gasteiger partial charge in [0.2, 0.25) is 0 Å². The second-order valence-corrected chi connectivity index (χ2v) is 4.41. The highest BCUT2D eigenvalue weighted by molar-refractivity contribution is 5.81. The Morgan fingerprint density at radius 3 is 2.67 bits per heavy atom. The largest absolute Gasteiger partial charge is 0.497 e. The second kappa shape index (κ2) is 9.96. The predicted octanol–water partition coefficient (Wildman–Crippen LogP) is 2.08. The molecule has 0 spiro atoms. The molecule has 0 heterocycles. The Bertz CT molecular complexity index is 438. The summed E-state index contributed by atoms with van der Waals surface area (Å²) >= 11 is 0. The van der Waals surface area contributed by atoms with E-state index in [0.29, 0.717) is 19.6 Å². The third-order valence-electron chi connectivity index (χ3n) is 2.69. The molecule has 0 saturated heterocycles. The van der Waals surface area contributed by atoms with Crippen molar-refractivity contribution in [2.24, 2.45) is 0 Å². The summed E-state index contributed by atoms with van der Waals surface area (Å²) in [5.41, 5.74) is 1.00. The average molecular weight is 294 g/mol. The van der Waals surface area contributed by atoms with E-state index in [1.54, 1.807) is 20.1 Å². The third-order valence-corrected chi connectivity index (χ3v) is 2.69. The first kappa shape index (κ1) is 17.2. The van der Waals surface area contributed by atoms with Crippen molar-refractivity contribution in [2.75, 3.05) is 20.3 Å². The molecule has 21 heavy (non-hydrogen) atoms. The van der Waals surface area contributed by atoms with E-state index in [1.807, 2.05) is 24.3 Å². The molecule has 1 aromatic carbocycles. The monoisotopic (exact) mass is 294 g/mol. The van der Waals surface area contributed by atoms with E-state index >= 15 is 0 Å². The van der Waals surface area contributed by atoms with Crippen LogP contribution in [0.2, 0.25) is 0 Å². The van der Waals surface area contributed by atoms with Crippen LogP contribution in [0.5, 0.6) is 5.75 Å². The molecular weight excluding hydrogens is 272 g/mol. The van der Waals surface area contributed by atoms with Gasteiger partial charge in [-0.2, -0.15) is 0 Å². The second-order valence-electron chi connectivity index (χ2n) is 4.41. The molecule has 0 amide bonds. The van der Waals surface area contributed by atoms with Gasteiger partial charge in [0.15, 0.2) is 0 Å². The number of methoxy groups -OCH3 is 1. The van der Waals surface area contributed by atoms with Crippen LogP contribution >= 0.6 is 0 Å². The summed E-state index contributed by atoms with van der Waals surface area (Å²) in [5, 5.41) is 9.70. The van der Waals surface area contributed by atoms with E-state index in [9.17, 15) is 9.90 Å². The van der Waals surface area contributed by atoms with Crippen LogP contribution in [-0.2, 0) is 20.9 Å². The van der Waals surface area contributed by atoms with Crippen LogP contribution in [0.1, 0.15) is 18.9 Å². The normalized spacial score (nSPS) is 12.3. The lowest BCUT2D eigenvalue weighted by Crippen LogP contribution is -2.14. The molecule has 1 N–H and O–H groups in total. The molecule has 0 radical (unpaired) electrons. The quantitative estimate of drug-likeness (QED) is 0.558. The lowest BCUT2D eigenvalue weighted by molar-refractivity contribution is -0.137. The number of carbonyl (C=O) groups excluding carboxylic acids is 1. The molecule has 0 saturated carbocycles. The Kier molecular flexibility index (Phi) is 8.16. The van der Waals surface area contributed by atoms with Crippen molar-refractivity contribution in [3.63, 3.8) is 0 Å². The highest BCUT2D eigenvalue weighted by Crippen LogP contribution is 2.12. The van der Waals surface area contributed by atoms with E-state index < -0.39 is 12.1 Å². The zero-order valence-electron chi connectivity index (χ0n) is 12.5. The van der Waals surface area contributed by atoms with Crippen LogP contribution in [0.15, 0.2) is 36.4 Å². The Morgan fingerprint density at radius 1 is 1.33 bits per heavy atom. The predicted molar refractivity (Wildman–Crippen MR) is 79.0 cm³/mol. The summed E-state index contributed by atoms with van der Waals surface area (Å²) in [6, 6.07) is 7.53. The van der Waals surface area contributed by atoms with Gasteiger partial charge < -0.3 is 19.3 Å². The maximum absolute atomic E-state index is 11.0. The minimum absolute atomic E-state index is 0.208. The lowest BCUT2D eigenvalue weighted by atomic mass is 10.2. The molecule has 1 rings (SSSR count). The van der Waals surface area contributed by atoms with E-state index in [2.05, 4.69) is 0 Å². The number of aliphatic hydroxyl groups excluding tert-OH is 1. The molecule has 1 aromatic rings. The van der Waals surface area contributed by atoms with Crippen molar-refractivity contribution >= 4 is 5.97 Å². The molecule has 0 bridgehead atoms. The summed E-state index contributed by atoms with van der Waals surface area (Å²) in [5.74, 6) is 0.395. The smallest absolute Gasteiger partial charge is 0.330 e. The SMILES string of the molecule is CCOC(=O)/C=C/C[C@H](O)COCc1ccc(OC)cc1. The summed E-state index contributed by atoms with van der Waals surface area (Å²) in [7, 11) is 1.62. The zero-order chi connectivity index (χ0) is 15.5. The van der Waals surface area contributed by atoms with Gasteiger partial charge in [-0.05, 0) is 31.0 Å². The molecular formula is C16H22O5. The highest BCUT2D eigenvalue weighted by Gasteiger charge is 2.03. The summed E-state index contributed by atoms with van der Waals surface area (Å²) in [6.07, 6.45) is 2.60. The first-order valence-corrected chi connectivity index (χ1v) is 6.87. The van der Waals surface area contributed by atoms with Gasteiger partial charge in [-0.3, -0.25) is 0 Å². The molecule has 1 atom stereocenters. The molecule has 5 heteroatoms. The summed E-state index contributed by atoms with van der Waals surface area (Å²) in [4.78, 5) is 11.0.